The topological polar surface area (TPSA) is 90.3 Å². The van der Waals surface area contributed by atoms with Crippen LogP contribution >= 0.6 is 11.8 Å². The number of rotatable bonds is 7. The predicted octanol–water partition coefficient (Wildman–Crippen LogP) is 3.19. The molecule has 3 aliphatic rings. The van der Waals surface area contributed by atoms with Crippen LogP contribution in [-0.2, 0) is 14.3 Å². The first-order valence-electron chi connectivity index (χ1n) is 11.4. The summed E-state index contributed by atoms with van der Waals surface area (Å²) in [6, 6.07) is 1.58. The summed E-state index contributed by atoms with van der Waals surface area (Å²) in [5.41, 5.74) is 0. The Hall–Kier alpha value is -1.09. The molecule has 0 radical (unpaired) electrons. The van der Waals surface area contributed by atoms with E-state index in [2.05, 4.69) is 42.6 Å². The lowest BCUT2D eigenvalue weighted by molar-refractivity contribution is -0.134. The maximum atomic E-state index is 9.55. The zero-order valence-electron chi connectivity index (χ0n) is 19.4. The van der Waals surface area contributed by atoms with Gasteiger partial charge in [0.15, 0.2) is 0 Å². The van der Waals surface area contributed by atoms with Crippen molar-refractivity contribution >= 4 is 23.7 Å². The van der Waals surface area contributed by atoms with Crippen molar-refractivity contribution in [3.05, 3.63) is 12.2 Å². The van der Waals surface area contributed by atoms with Gasteiger partial charge in [0, 0.05) is 54.9 Å². The third-order valence-electron chi connectivity index (χ3n) is 6.48. The molecule has 0 aromatic rings. The van der Waals surface area contributed by atoms with Crippen LogP contribution in [0.3, 0.4) is 0 Å². The summed E-state index contributed by atoms with van der Waals surface area (Å²) in [4.78, 5) is 24.4. The molecule has 6 atom stereocenters. The van der Waals surface area contributed by atoms with Crippen LogP contribution in [0, 0.1) is 5.92 Å². The summed E-state index contributed by atoms with van der Waals surface area (Å²) in [7, 11) is 6.32. The average molecular weight is 457 g/mol. The summed E-state index contributed by atoms with van der Waals surface area (Å²) in [6.45, 7) is 4.91. The van der Waals surface area contributed by atoms with Crippen molar-refractivity contribution in [3.63, 3.8) is 0 Å². The van der Waals surface area contributed by atoms with E-state index in [0.717, 1.165) is 28.5 Å². The first-order valence-corrected chi connectivity index (χ1v) is 12.4. The van der Waals surface area contributed by atoms with Crippen molar-refractivity contribution in [2.24, 2.45) is 5.92 Å². The first-order chi connectivity index (χ1) is 14.7. The molecule has 0 spiro atoms. The van der Waals surface area contributed by atoms with Gasteiger partial charge in [-0.3, -0.25) is 4.90 Å². The second-order valence-electron chi connectivity index (χ2n) is 9.38. The van der Waals surface area contributed by atoms with E-state index < -0.39 is 11.9 Å². The zero-order valence-corrected chi connectivity index (χ0v) is 20.2. The lowest BCUT2D eigenvalue weighted by Gasteiger charge is -2.55. The van der Waals surface area contributed by atoms with Crippen molar-refractivity contribution < 1.29 is 24.5 Å². The molecule has 1 aliphatic heterocycles. The fraction of sp³-hybridized carbons (Fsp3) is 0.826. The van der Waals surface area contributed by atoms with Crippen molar-refractivity contribution in [1.82, 2.24) is 9.80 Å². The van der Waals surface area contributed by atoms with Crippen LogP contribution in [0.15, 0.2) is 12.2 Å². The number of carbonyl (C=O) groups is 2. The number of aliphatic carboxylic acids is 2. The molecule has 2 aliphatic carbocycles. The molecule has 0 aromatic heterocycles. The molecule has 178 valence electrons. The van der Waals surface area contributed by atoms with E-state index in [-0.39, 0.29) is 0 Å². The van der Waals surface area contributed by atoms with Crippen LogP contribution < -0.4 is 0 Å². The van der Waals surface area contributed by atoms with Crippen LogP contribution in [0.1, 0.15) is 51.9 Å². The summed E-state index contributed by atoms with van der Waals surface area (Å²) < 4.78 is 5.75. The molecule has 3 fully saturated rings. The second-order valence-corrected chi connectivity index (χ2v) is 10.9. The van der Waals surface area contributed by atoms with Gasteiger partial charge in [0.1, 0.15) is 0 Å². The lowest BCUT2D eigenvalue weighted by Crippen LogP contribution is -2.61. The molecule has 1 saturated heterocycles. The number of carboxylic acid groups (broad SMARTS) is 2. The van der Waals surface area contributed by atoms with Gasteiger partial charge in [-0.25, -0.2) is 9.59 Å². The molecule has 2 saturated carbocycles. The highest BCUT2D eigenvalue weighted by Gasteiger charge is 2.46. The number of hydrogen-bond acceptors (Lipinski definition) is 6. The van der Waals surface area contributed by atoms with Crippen molar-refractivity contribution in [1.29, 1.82) is 0 Å². The maximum Gasteiger partial charge on any atom is 0.328 e. The summed E-state index contributed by atoms with van der Waals surface area (Å²) in [5.74, 6) is -1.76. The number of carboxylic acids is 2. The highest BCUT2D eigenvalue weighted by atomic mass is 32.2. The van der Waals surface area contributed by atoms with Gasteiger partial charge >= 0.3 is 11.9 Å². The van der Waals surface area contributed by atoms with E-state index in [4.69, 9.17) is 14.9 Å². The van der Waals surface area contributed by atoms with Crippen molar-refractivity contribution in [2.75, 3.05) is 34.3 Å². The molecule has 2 N–H and O–H groups in total. The van der Waals surface area contributed by atoms with E-state index in [1.807, 2.05) is 7.11 Å². The fourth-order valence-corrected chi connectivity index (χ4v) is 7.29. The summed E-state index contributed by atoms with van der Waals surface area (Å²) in [5, 5.41) is 17.4. The molecule has 3 rings (SSSR count). The van der Waals surface area contributed by atoms with E-state index in [0.29, 0.717) is 18.3 Å². The Labute approximate surface area is 191 Å². The zero-order chi connectivity index (χ0) is 23.0. The minimum Gasteiger partial charge on any atom is -0.478 e. The van der Waals surface area contributed by atoms with Crippen molar-refractivity contribution in [2.45, 2.75) is 80.6 Å². The number of fused-ring (bicyclic) bond motifs is 2. The Morgan fingerprint density at radius 2 is 1.68 bits per heavy atom. The van der Waals surface area contributed by atoms with E-state index >= 15 is 0 Å². The SMILES string of the molecule is COC1CCC2SC3CCCCC3N(C[C@H](C)CN(C)C)C2C1.O=C(O)C=CC(=O)O. The first kappa shape index (κ1) is 26.2. The Balaban J connectivity index is 0.000000366. The Morgan fingerprint density at radius 3 is 2.26 bits per heavy atom. The smallest absolute Gasteiger partial charge is 0.328 e. The second kappa shape index (κ2) is 12.8. The molecule has 0 bridgehead atoms. The largest absolute Gasteiger partial charge is 0.478 e. The highest BCUT2D eigenvalue weighted by molar-refractivity contribution is 8.00. The quantitative estimate of drug-likeness (QED) is 0.565. The number of methoxy groups -OCH3 is 1. The highest BCUT2D eigenvalue weighted by Crippen LogP contribution is 2.46. The Morgan fingerprint density at radius 1 is 1.06 bits per heavy atom. The van der Waals surface area contributed by atoms with Crippen LogP contribution in [0.2, 0.25) is 0 Å². The van der Waals surface area contributed by atoms with Gasteiger partial charge in [-0.2, -0.15) is 11.8 Å². The molecule has 7 nitrogen and oxygen atoms in total. The molecular formula is C23H40N2O5S. The summed E-state index contributed by atoms with van der Waals surface area (Å²) >= 11 is 2.35. The van der Waals surface area contributed by atoms with Gasteiger partial charge in [-0.15, -0.1) is 0 Å². The minimum atomic E-state index is -1.26. The van der Waals surface area contributed by atoms with Crippen LogP contribution in [-0.4, -0.2) is 94.9 Å². The molecule has 1 heterocycles. The Bertz CT molecular complexity index is 599. The minimum absolute atomic E-state index is 0.489. The molecule has 0 aromatic carbocycles. The average Bonchev–Trinajstić information content (AvgIpc) is 2.71. The van der Waals surface area contributed by atoms with Gasteiger partial charge < -0.3 is 19.8 Å². The number of hydrogen-bond donors (Lipinski definition) is 2. The molecule has 0 amide bonds. The Kier molecular flexibility index (Phi) is 10.8. The fourth-order valence-electron chi connectivity index (χ4n) is 5.34. The molecule has 5 unspecified atom stereocenters. The number of thioether (sulfide) groups is 1. The van der Waals surface area contributed by atoms with Gasteiger partial charge in [-0.05, 0) is 52.1 Å². The third kappa shape index (κ3) is 8.40. The third-order valence-corrected chi connectivity index (χ3v) is 8.28. The van der Waals surface area contributed by atoms with E-state index in [9.17, 15) is 9.59 Å². The number of ether oxygens (including phenoxy) is 1. The predicted molar refractivity (Wildman–Crippen MR) is 125 cm³/mol. The van der Waals surface area contributed by atoms with Gasteiger partial charge in [0.25, 0.3) is 0 Å². The monoisotopic (exact) mass is 456 g/mol. The van der Waals surface area contributed by atoms with Crippen molar-refractivity contribution in [3.8, 4) is 0 Å². The lowest BCUT2D eigenvalue weighted by atomic mass is 9.85. The van der Waals surface area contributed by atoms with Crippen LogP contribution in [0.5, 0.6) is 0 Å². The molecule has 31 heavy (non-hydrogen) atoms. The van der Waals surface area contributed by atoms with Crippen LogP contribution in [0.4, 0.5) is 0 Å². The standard InChI is InChI=1S/C19H36N2OS.C4H4O4/c1-14(12-20(2)3)13-21-16-7-5-6-8-18(16)23-19-10-9-15(22-4)11-17(19)21;5-3(6)1-2-4(7)8/h14-19H,5-13H2,1-4H3;1-2H,(H,5,6)(H,7,8)/t14-,15?,16?,17?,18?,19?;/m1./s1. The molecular weight excluding hydrogens is 416 g/mol. The number of nitrogens with zero attached hydrogens (tertiary/aromatic N) is 2. The molecule has 8 heteroatoms. The van der Waals surface area contributed by atoms with Gasteiger partial charge in [0.05, 0.1) is 6.10 Å². The normalized spacial score (nSPS) is 32.0. The summed E-state index contributed by atoms with van der Waals surface area (Å²) in [6.07, 6.45) is 11.2. The van der Waals surface area contributed by atoms with E-state index in [1.54, 1.807) is 0 Å². The van der Waals surface area contributed by atoms with Crippen LogP contribution in [0.25, 0.3) is 0 Å². The van der Waals surface area contributed by atoms with E-state index in [1.165, 1.54) is 58.0 Å². The van der Waals surface area contributed by atoms with Gasteiger partial charge in [0.2, 0.25) is 0 Å². The maximum absolute atomic E-state index is 9.55. The van der Waals surface area contributed by atoms with Gasteiger partial charge in [-0.1, -0.05) is 19.8 Å².